The lowest BCUT2D eigenvalue weighted by molar-refractivity contribution is -0.124. The normalized spacial score (nSPS) is 12.1. The molecule has 1 aromatic rings. The lowest BCUT2D eigenvalue weighted by atomic mass is 10.1. The fourth-order valence-corrected chi connectivity index (χ4v) is 2.07. The van der Waals surface area contributed by atoms with Crippen molar-refractivity contribution in [2.45, 2.75) is 53.0 Å². The van der Waals surface area contributed by atoms with E-state index in [9.17, 15) is 4.79 Å². The first-order valence-corrected chi connectivity index (χ1v) is 8.10. The van der Waals surface area contributed by atoms with Crippen LogP contribution in [-0.2, 0) is 4.79 Å². The number of benzene rings is 1. The van der Waals surface area contributed by atoms with Gasteiger partial charge in [0.25, 0.3) is 0 Å². The van der Waals surface area contributed by atoms with Gasteiger partial charge in [-0.2, -0.15) is 0 Å². The molecule has 1 rings (SSSR count). The maximum atomic E-state index is 11.8. The van der Waals surface area contributed by atoms with E-state index in [1.165, 1.54) is 12.8 Å². The van der Waals surface area contributed by atoms with Crippen molar-refractivity contribution in [3.8, 4) is 11.5 Å². The lowest BCUT2D eigenvalue weighted by Gasteiger charge is -2.18. The molecule has 124 valence electrons. The molecular weight excluding hydrogens is 278 g/mol. The number of hydrogen-bond acceptors (Lipinski definition) is 3. The van der Waals surface area contributed by atoms with E-state index in [4.69, 9.17) is 9.47 Å². The number of rotatable bonds is 9. The molecule has 0 fully saturated rings. The Hall–Kier alpha value is -1.71. The third-order valence-electron chi connectivity index (χ3n) is 3.58. The molecule has 0 bridgehead atoms. The second-order valence-corrected chi connectivity index (χ2v) is 5.85. The molecule has 0 heterocycles. The number of nitrogens with one attached hydrogen (secondary N) is 1. The fraction of sp³-hybridized carbons (Fsp3) is 0.611. The van der Waals surface area contributed by atoms with Gasteiger partial charge < -0.3 is 14.8 Å². The third-order valence-corrected chi connectivity index (χ3v) is 3.58. The summed E-state index contributed by atoms with van der Waals surface area (Å²) in [6.07, 6.45) is 3.38. The van der Waals surface area contributed by atoms with E-state index >= 15 is 0 Å². The number of carbonyl (C=O) groups is 1. The van der Waals surface area contributed by atoms with Gasteiger partial charge in [-0.3, -0.25) is 4.79 Å². The molecule has 0 saturated heterocycles. The SMILES string of the molecule is CCCCCOc1ccc([C@H](C)NC(=O)C(C)C)cc1OC. The Morgan fingerprint density at radius 1 is 1.18 bits per heavy atom. The number of ether oxygens (including phenoxy) is 2. The molecule has 4 heteroatoms. The highest BCUT2D eigenvalue weighted by molar-refractivity contribution is 5.78. The number of methoxy groups -OCH3 is 1. The molecule has 0 aliphatic carbocycles. The van der Waals surface area contributed by atoms with Gasteiger partial charge >= 0.3 is 0 Å². The van der Waals surface area contributed by atoms with Crippen LogP contribution in [0, 0.1) is 5.92 Å². The van der Waals surface area contributed by atoms with Gasteiger partial charge in [-0.25, -0.2) is 0 Å². The molecule has 0 spiro atoms. The minimum Gasteiger partial charge on any atom is -0.493 e. The Bertz CT molecular complexity index is 471. The maximum absolute atomic E-state index is 11.8. The van der Waals surface area contributed by atoms with E-state index in [0.29, 0.717) is 12.4 Å². The van der Waals surface area contributed by atoms with Crippen LogP contribution in [0.2, 0.25) is 0 Å². The Balaban J connectivity index is 2.72. The van der Waals surface area contributed by atoms with E-state index in [1.54, 1.807) is 7.11 Å². The third kappa shape index (κ3) is 5.58. The van der Waals surface area contributed by atoms with Crippen molar-refractivity contribution in [1.82, 2.24) is 5.32 Å². The first kappa shape index (κ1) is 18.3. The quantitative estimate of drug-likeness (QED) is 0.699. The van der Waals surface area contributed by atoms with Crippen LogP contribution in [-0.4, -0.2) is 19.6 Å². The highest BCUT2D eigenvalue weighted by Crippen LogP contribution is 2.30. The van der Waals surface area contributed by atoms with Crippen LogP contribution in [0.4, 0.5) is 0 Å². The summed E-state index contributed by atoms with van der Waals surface area (Å²) in [6.45, 7) is 8.61. The second-order valence-electron chi connectivity index (χ2n) is 5.85. The van der Waals surface area contributed by atoms with Crippen molar-refractivity contribution >= 4 is 5.91 Å². The molecular formula is C18H29NO3. The van der Waals surface area contributed by atoms with Gasteiger partial charge in [0.1, 0.15) is 0 Å². The van der Waals surface area contributed by atoms with Crippen LogP contribution < -0.4 is 14.8 Å². The van der Waals surface area contributed by atoms with Crippen LogP contribution in [0.3, 0.4) is 0 Å². The van der Waals surface area contributed by atoms with Crippen LogP contribution in [0.15, 0.2) is 18.2 Å². The number of amides is 1. The highest BCUT2D eigenvalue weighted by atomic mass is 16.5. The minimum atomic E-state index is -0.0575. The summed E-state index contributed by atoms with van der Waals surface area (Å²) in [5.41, 5.74) is 1.01. The lowest BCUT2D eigenvalue weighted by Crippen LogP contribution is -2.30. The molecule has 0 unspecified atom stereocenters. The zero-order valence-corrected chi connectivity index (χ0v) is 14.4. The van der Waals surface area contributed by atoms with Crippen LogP contribution in [0.25, 0.3) is 0 Å². The van der Waals surface area contributed by atoms with E-state index in [1.807, 2.05) is 39.0 Å². The van der Waals surface area contributed by atoms with Gasteiger partial charge in [-0.05, 0) is 31.0 Å². The molecule has 1 aromatic carbocycles. The molecule has 1 amide bonds. The standard InChI is InChI=1S/C18H29NO3/c1-6-7-8-11-22-16-10-9-15(12-17(16)21-5)14(4)19-18(20)13(2)3/h9-10,12-14H,6-8,11H2,1-5H3,(H,19,20)/t14-/m0/s1. The fourth-order valence-electron chi connectivity index (χ4n) is 2.07. The minimum absolute atomic E-state index is 0.0227. The van der Waals surface area contributed by atoms with E-state index in [2.05, 4.69) is 12.2 Å². The van der Waals surface area contributed by atoms with Crippen molar-refractivity contribution in [1.29, 1.82) is 0 Å². The zero-order valence-electron chi connectivity index (χ0n) is 14.4. The average Bonchev–Trinajstić information content (AvgIpc) is 2.51. The van der Waals surface area contributed by atoms with Gasteiger partial charge in [-0.15, -0.1) is 0 Å². The molecule has 0 aromatic heterocycles. The molecule has 0 saturated carbocycles. The van der Waals surface area contributed by atoms with E-state index < -0.39 is 0 Å². The van der Waals surface area contributed by atoms with Crippen LogP contribution in [0.1, 0.15) is 58.6 Å². The van der Waals surface area contributed by atoms with Gasteiger partial charge in [-0.1, -0.05) is 39.7 Å². The van der Waals surface area contributed by atoms with Gasteiger partial charge in [0.2, 0.25) is 5.91 Å². The maximum Gasteiger partial charge on any atom is 0.223 e. The Morgan fingerprint density at radius 2 is 1.91 bits per heavy atom. The molecule has 4 nitrogen and oxygen atoms in total. The van der Waals surface area contributed by atoms with Crippen molar-refractivity contribution in [2.75, 3.05) is 13.7 Å². The summed E-state index contributed by atoms with van der Waals surface area (Å²) < 4.78 is 11.2. The predicted octanol–water partition coefficient (Wildman–Crippen LogP) is 4.10. The Morgan fingerprint density at radius 3 is 2.50 bits per heavy atom. The van der Waals surface area contributed by atoms with Gasteiger partial charge in [0.15, 0.2) is 11.5 Å². The van der Waals surface area contributed by atoms with Crippen LogP contribution in [0.5, 0.6) is 11.5 Å². The topological polar surface area (TPSA) is 47.6 Å². The number of hydrogen-bond donors (Lipinski definition) is 1. The molecule has 0 aliphatic rings. The molecule has 22 heavy (non-hydrogen) atoms. The van der Waals surface area contributed by atoms with E-state index in [0.717, 1.165) is 17.7 Å². The highest BCUT2D eigenvalue weighted by Gasteiger charge is 2.14. The number of carbonyl (C=O) groups excluding carboxylic acids is 1. The smallest absolute Gasteiger partial charge is 0.223 e. The van der Waals surface area contributed by atoms with E-state index in [-0.39, 0.29) is 17.9 Å². The van der Waals surface area contributed by atoms with Gasteiger partial charge in [0, 0.05) is 5.92 Å². The number of unbranched alkanes of at least 4 members (excludes halogenated alkanes) is 2. The zero-order chi connectivity index (χ0) is 16.5. The summed E-state index contributed by atoms with van der Waals surface area (Å²) in [4.78, 5) is 11.8. The summed E-state index contributed by atoms with van der Waals surface area (Å²) >= 11 is 0. The molecule has 1 N–H and O–H groups in total. The summed E-state index contributed by atoms with van der Waals surface area (Å²) in [5.74, 6) is 1.49. The van der Waals surface area contributed by atoms with Gasteiger partial charge in [0.05, 0.1) is 19.8 Å². The van der Waals surface area contributed by atoms with Crippen molar-refractivity contribution in [2.24, 2.45) is 5.92 Å². The summed E-state index contributed by atoms with van der Waals surface area (Å²) in [6, 6.07) is 5.76. The molecule has 1 atom stereocenters. The first-order chi connectivity index (χ1) is 10.5. The van der Waals surface area contributed by atoms with Crippen molar-refractivity contribution in [3.05, 3.63) is 23.8 Å². The average molecular weight is 307 g/mol. The van der Waals surface area contributed by atoms with Crippen LogP contribution >= 0.6 is 0 Å². The largest absolute Gasteiger partial charge is 0.493 e. The Kier molecular flexibility index (Phi) is 7.78. The summed E-state index contributed by atoms with van der Waals surface area (Å²) in [5, 5.41) is 2.99. The summed E-state index contributed by atoms with van der Waals surface area (Å²) in [7, 11) is 1.63. The first-order valence-electron chi connectivity index (χ1n) is 8.10. The second kappa shape index (κ2) is 9.34. The van der Waals surface area contributed by atoms with Crippen molar-refractivity contribution in [3.63, 3.8) is 0 Å². The monoisotopic (exact) mass is 307 g/mol. The molecule has 0 aliphatic heterocycles. The van der Waals surface area contributed by atoms with Crippen molar-refractivity contribution < 1.29 is 14.3 Å². The molecule has 0 radical (unpaired) electrons. The Labute approximate surface area is 134 Å². The predicted molar refractivity (Wildman–Crippen MR) is 89.4 cm³/mol.